The van der Waals surface area contributed by atoms with Gasteiger partial charge >= 0.3 is 0 Å². The molecule has 2 saturated heterocycles. The molecule has 2 fully saturated rings. The molecule has 0 aliphatic carbocycles. The molecule has 128 valence electrons. The van der Waals surface area contributed by atoms with Crippen molar-refractivity contribution in [2.75, 3.05) is 32.0 Å². The lowest BCUT2D eigenvalue weighted by Crippen LogP contribution is -2.44. The number of nitrogens with one attached hydrogen (secondary N) is 1. The molecular formula is C15H28N2O4S. The topological polar surface area (TPSA) is 75.7 Å². The van der Waals surface area contributed by atoms with Gasteiger partial charge in [0.05, 0.1) is 11.9 Å². The van der Waals surface area contributed by atoms with Gasteiger partial charge in [-0.3, -0.25) is 4.79 Å². The lowest BCUT2D eigenvalue weighted by atomic mass is 9.97. The van der Waals surface area contributed by atoms with Gasteiger partial charge in [-0.05, 0) is 32.1 Å². The average Bonchev–Trinajstić information content (AvgIpc) is 3.04. The van der Waals surface area contributed by atoms with E-state index in [1.807, 2.05) is 6.92 Å². The number of amides is 1. The highest BCUT2D eigenvalue weighted by Gasteiger charge is 2.31. The number of unbranched alkanes of at least 4 members (excludes halogenated alkanes) is 1. The molecule has 22 heavy (non-hydrogen) atoms. The second kappa shape index (κ2) is 8.26. The van der Waals surface area contributed by atoms with Crippen LogP contribution in [0.5, 0.6) is 0 Å². The summed E-state index contributed by atoms with van der Waals surface area (Å²) < 4.78 is 31.3. The SMILES string of the molecule is CCCCS(=O)(=O)N1CCC(C(=O)NC[C@@H]2CCCO2)CC1. The van der Waals surface area contributed by atoms with E-state index >= 15 is 0 Å². The Hall–Kier alpha value is -0.660. The van der Waals surface area contributed by atoms with Crippen LogP contribution in [-0.4, -0.2) is 56.7 Å². The van der Waals surface area contributed by atoms with E-state index in [1.165, 1.54) is 0 Å². The summed E-state index contributed by atoms with van der Waals surface area (Å²) in [6.45, 7) is 4.27. The molecule has 0 aromatic heterocycles. The van der Waals surface area contributed by atoms with Gasteiger partial charge < -0.3 is 10.1 Å². The van der Waals surface area contributed by atoms with Crippen LogP contribution in [0.1, 0.15) is 45.4 Å². The van der Waals surface area contributed by atoms with Gasteiger partial charge in [-0.2, -0.15) is 0 Å². The highest BCUT2D eigenvalue weighted by Crippen LogP contribution is 2.21. The summed E-state index contributed by atoms with van der Waals surface area (Å²) >= 11 is 0. The van der Waals surface area contributed by atoms with Crippen molar-refractivity contribution in [1.82, 2.24) is 9.62 Å². The first-order chi connectivity index (χ1) is 10.5. The summed E-state index contributed by atoms with van der Waals surface area (Å²) in [5.41, 5.74) is 0. The predicted octanol–water partition coefficient (Wildman–Crippen LogP) is 1.12. The summed E-state index contributed by atoms with van der Waals surface area (Å²) in [6.07, 6.45) is 5.03. The zero-order valence-corrected chi connectivity index (χ0v) is 14.2. The van der Waals surface area contributed by atoms with Crippen LogP contribution in [0.15, 0.2) is 0 Å². The molecule has 0 bridgehead atoms. The lowest BCUT2D eigenvalue weighted by molar-refractivity contribution is -0.126. The number of sulfonamides is 1. The molecule has 6 nitrogen and oxygen atoms in total. The van der Waals surface area contributed by atoms with Crippen LogP contribution in [0.25, 0.3) is 0 Å². The average molecular weight is 332 g/mol. The highest BCUT2D eigenvalue weighted by atomic mass is 32.2. The van der Waals surface area contributed by atoms with Crippen LogP contribution in [0.4, 0.5) is 0 Å². The first kappa shape index (κ1) is 17.7. The molecule has 1 amide bonds. The maximum Gasteiger partial charge on any atom is 0.223 e. The Bertz CT molecular complexity index is 452. The van der Waals surface area contributed by atoms with Crippen LogP contribution in [-0.2, 0) is 19.6 Å². The smallest absolute Gasteiger partial charge is 0.223 e. The van der Waals surface area contributed by atoms with E-state index in [0.29, 0.717) is 38.9 Å². The Labute approximate surface area is 133 Å². The Morgan fingerprint density at radius 2 is 2.00 bits per heavy atom. The number of hydrogen-bond donors (Lipinski definition) is 1. The number of ether oxygens (including phenoxy) is 1. The molecule has 2 heterocycles. The predicted molar refractivity (Wildman–Crippen MR) is 85.0 cm³/mol. The minimum Gasteiger partial charge on any atom is -0.376 e. The van der Waals surface area contributed by atoms with Crippen molar-refractivity contribution < 1.29 is 17.9 Å². The summed E-state index contributed by atoms with van der Waals surface area (Å²) in [7, 11) is -3.14. The quantitative estimate of drug-likeness (QED) is 0.758. The van der Waals surface area contributed by atoms with Gasteiger partial charge in [0.25, 0.3) is 0 Å². The van der Waals surface area contributed by atoms with Crippen molar-refractivity contribution in [3.05, 3.63) is 0 Å². The normalized spacial score (nSPS) is 24.5. The molecule has 0 aromatic rings. The van der Waals surface area contributed by atoms with Crippen LogP contribution < -0.4 is 5.32 Å². The lowest BCUT2D eigenvalue weighted by Gasteiger charge is -2.30. The first-order valence-corrected chi connectivity index (χ1v) is 10.0. The van der Waals surface area contributed by atoms with E-state index in [0.717, 1.165) is 25.9 Å². The molecular weight excluding hydrogens is 304 g/mol. The van der Waals surface area contributed by atoms with Gasteiger partial charge in [0.2, 0.25) is 15.9 Å². The van der Waals surface area contributed by atoms with E-state index < -0.39 is 10.0 Å². The number of nitrogens with zero attached hydrogens (tertiary/aromatic N) is 1. The monoisotopic (exact) mass is 332 g/mol. The fourth-order valence-electron chi connectivity index (χ4n) is 3.02. The number of piperidine rings is 1. The van der Waals surface area contributed by atoms with Crippen molar-refractivity contribution in [3.63, 3.8) is 0 Å². The van der Waals surface area contributed by atoms with Crippen LogP contribution in [0, 0.1) is 5.92 Å². The molecule has 0 radical (unpaired) electrons. The second-order valence-electron chi connectivity index (χ2n) is 6.22. The maximum absolute atomic E-state index is 12.1. The van der Waals surface area contributed by atoms with Crippen molar-refractivity contribution >= 4 is 15.9 Å². The highest BCUT2D eigenvalue weighted by molar-refractivity contribution is 7.89. The van der Waals surface area contributed by atoms with Crippen LogP contribution in [0.3, 0.4) is 0 Å². The molecule has 0 spiro atoms. The van der Waals surface area contributed by atoms with E-state index in [2.05, 4.69) is 5.32 Å². The fourth-order valence-corrected chi connectivity index (χ4v) is 4.69. The van der Waals surface area contributed by atoms with Crippen LogP contribution in [0.2, 0.25) is 0 Å². The van der Waals surface area contributed by atoms with Crippen LogP contribution >= 0.6 is 0 Å². The fraction of sp³-hybridized carbons (Fsp3) is 0.933. The van der Waals surface area contributed by atoms with Crippen molar-refractivity contribution in [3.8, 4) is 0 Å². The Morgan fingerprint density at radius 1 is 1.27 bits per heavy atom. The summed E-state index contributed by atoms with van der Waals surface area (Å²) in [5.74, 6) is 0.194. The van der Waals surface area contributed by atoms with E-state index in [4.69, 9.17) is 4.74 Å². The van der Waals surface area contributed by atoms with Crippen molar-refractivity contribution in [2.45, 2.75) is 51.6 Å². The third-order valence-corrected chi connectivity index (χ3v) is 6.46. The van der Waals surface area contributed by atoms with Crippen molar-refractivity contribution in [1.29, 1.82) is 0 Å². The summed E-state index contributed by atoms with van der Waals surface area (Å²) in [5, 5.41) is 2.95. The van der Waals surface area contributed by atoms with Gasteiger partial charge in [-0.15, -0.1) is 0 Å². The number of hydrogen-bond acceptors (Lipinski definition) is 4. The Balaban J connectivity index is 1.72. The Morgan fingerprint density at radius 3 is 2.59 bits per heavy atom. The van der Waals surface area contributed by atoms with E-state index in [-0.39, 0.29) is 23.7 Å². The van der Waals surface area contributed by atoms with Gasteiger partial charge in [-0.1, -0.05) is 13.3 Å². The zero-order chi connectivity index (χ0) is 16.0. The number of carbonyl (C=O) groups excluding carboxylic acids is 1. The largest absolute Gasteiger partial charge is 0.376 e. The van der Waals surface area contributed by atoms with Gasteiger partial charge in [0, 0.05) is 32.2 Å². The Kier molecular flexibility index (Phi) is 6.65. The molecule has 0 saturated carbocycles. The molecule has 1 atom stereocenters. The minimum absolute atomic E-state index is 0.0427. The maximum atomic E-state index is 12.1. The van der Waals surface area contributed by atoms with E-state index in [1.54, 1.807) is 4.31 Å². The van der Waals surface area contributed by atoms with E-state index in [9.17, 15) is 13.2 Å². The third-order valence-electron chi connectivity index (χ3n) is 4.50. The second-order valence-corrected chi connectivity index (χ2v) is 8.31. The van der Waals surface area contributed by atoms with Gasteiger partial charge in [-0.25, -0.2) is 12.7 Å². The van der Waals surface area contributed by atoms with Crippen molar-refractivity contribution in [2.24, 2.45) is 5.92 Å². The molecule has 2 aliphatic rings. The number of rotatable bonds is 7. The molecule has 1 N–H and O–H groups in total. The standard InChI is InChI=1S/C15H28N2O4S/c1-2-3-11-22(19,20)17-8-6-13(7-9-17)15(18)16-12-14-5-4-10-21-14/h13-14H,2-12H2,1H3,(H,16,18)/t14-/m0/s1. The zero-order valence-electron chi connectivity index (χ0n) is 13.4. The molecule has 7 heteroatoms. The summed E-state index contributed by atoms with van der Waals surface area (Å²) in [6, 6.07) is 0. The van der Waals surface area contributed by atoms with Gasteiger partial charge in [0.1, 0.15) is 0 Å². The van der Waals surface area contributed by atoms with Gasteiger partial charge in [0.15, 0.2) is 0 Å². The minimum atomic E-state index is -3.14. The molecule has 2 aliphatic heterocycles. The summed E-state index contributed by atoms with van der Waals surface area (Å²) in [4.78, 5) is 12.1. The first-order valence-electron chi connectivity index (χ1n) is 8.40. The number of carbonyl (C=O) groups is 1. The molecule has 0 unspecified atom stereocenters. The third kappa shape index (κ3) is 4.93. The molecule has 0 aromatic carbocycles. The molecule has 2 rings (SSSR count).